The third-order valence-corrected chi connectivity index (χ3v) is 3.29. The largest absolute Gasteiger partial charge is 0.381 e. The summed E-state index contributed by atoms with van der Waals surface area (Å²) in [6.45, 7) is 5.88. The number of nitrogens with zero attached hydrogens (tertiary/aromatic N) is 5. The lowest BCUT2D eigenvalue weighted by molar-refractivity contribution is -0.130. The first-order valence-corrected chi connectivity index (χ1v) is 6.86. The quantitative estimate of drug-likeness (QED) is 0.666. The number of aromatic nitrogens is 4. The number of tetrazole rings is 1. The van der Waals surface area contributed by atoms with Crippen molar-refractivity contribution in [2.75, 3.05) is 26.3 Å². The summed E-state index contributed by atoms with van der Waals surface area (Å²) in [6, 6.07) is 0. The molecule has 106 valence electrons. The van der Waals surface area contributed by atoms with Crippen LogP contribution in [-0.4, -0.2) is 57.3 Å². The Balaban J connectivity index is 1.66. The highest BCUT2D eigenvalue weighted by atomic mass is 16.5. The Kier molecular flexibility index (Phi) is 5.26. The van der Waals surface area contributed by atoms with Crippen molar-refractivity contribution in [3.8, 4) is 0 Å². The summed E-state index contributed by atoms with van der Waals surface area (Å²) >= 11 is 0. The van der Waals surface area contributed by atoms with Gasteiger partial charge >= 0.3 is 0 Å². The van der Waals surface area contributed by atoms with E-state index in [-0.39, 0.29) is 5.91 Å². The molecule has 0 spiro atoms. The fraction of sp³-hybridized carbons (Fsp3) is 0.833. The van der Waals surface area contributed by atoms with Gasteiger partial charge in [-0.05, 0) is 23.3 Å². The zero-order valence-corrected chi connectivity index (χ0v) is 11.4. The van der Waals surface area contributed by atoms with Crippen LogP contribution in [-0.2, 0) is 16.1 Å². The lowest BCUT2D eigenvalue weighted by atomic mass is 10.1. The van der Waals surface area contributed by atoms with Crippen molar-refractivity contribution in [2.45, 2.75) is 32.7 Å². The lowest BCUT2D eigenvalue weighted by Gasteiger charge is -2.16. The van der Waals surface area contributed by atoms with Crippen molar-refractivity contribution in [3.05, 3.63) is 6.33 Å². The molecule has 2 rings (SSSR count). The van der Waals surface area contributed by atoms with E-state index in [9.17, 15) is 4.79 Å². The third-order valence-electron chi connectivity index (χ3n) is 3.29. The van der Waals surface area contributed by atoms with Gasteiger partial charge in [-0.15, -0.1) is 5.10 Å². The van der Waals surface area contributed by atoms with Crippen molar-refractivity contribution < 1.29 is 9.53 Å². The molecule has 1 aromatic heterocycles. The summed E-state index contributed by atoms with van der Waals surface area (Å²) in [5, 5.41) is 10.8. The van der Waals surface area contributed by atoms with Crippen molar-refractivity contribution in [1.82, 2.24) is 25.1 Å². The molecule has 7 nitrogen and oxygen atoms in total. The minimum absolute atomic E-state index is 0.175. The number of amides is 1. The summed E-state index contributed by atoms with van der Waals surface area (Å²) in [5.74, 6) is 0.664. The molecule has 1 amide bonds. The lowest BCUT2D eigenvalue weighted by Crippen LogP contribution is -2.30. The molecule has 0 N–H and O–H groups in total. The predicted octanol–water partition coefficient (Wildman–Crippen LogP) is 0.338. The van der Waals surface area contributed by atoms with Crippen LogP contribution in [0.25, 0.3) is 0 Å². The van der Waals surface area contributed by atoms with Gasteiger partial charge in [0.25, 0.3) is 0 Å². The van der Waals surface area contributed by atoms with E-state index in [4.69, 9.17) is 4.74 Å². The molecular formula is C12H21N5O2. The Hall–Kier alpha value is -1.50. The van der Waals surface area contributed by atoms with Crippen LogP contribution < -0.4 is 0 Å². The predicted molar refractivity (Wildman–Crippen MR) is 68.2 cm³/mol. The molecule has 0 saturated carbocycles. The van der Waals surface area contributed by atoms with Crippen LogP contribution in [0.4, 0.5) is 0 Å². The van der Waals surface area contributed by atoms with E-state index in [0.29, 0.717) is 18.9 Å². The Morgan fingerprint density at radius 1 is 1.53 bits per heavy atom. The van der Waals surface area contributed by atoms with Crippen LogP contribution in [0.3, 0.4) is 0 Å². The molecular weight excluding hydrogens is 246 g/mol. The average Bonchev–Trinajstić information content (AvgIpc) is 3.07. The first kappa shape index (κ1) is 13.9. The molecule has 0 radical (unpaired) electrons. The van der Waals surface area contributed by atoms with Gasteiger partial charge in [0.2, 0.25) is 5.91 Å². The van der Waals surface area contributed by atoms with E-state index in [2.05, 4.69) is 22.4 Å². The van der Waals surface area contributed by atoms with E-state index in [0.717, 1.165) is 39.1 Å². The highest BCUT2D eigenvalue weighted by Crippen LogP contribution is 2.17. The summed E-state index contributed by atoms with van der Waals surface area (Å²) in [7, 11) is 0. The normalized spacial score (nSPS) is 19.0. The Morgan fingerprint density at radius 2 is 2.42 bits per heavy atom. The molecule has 19 heavy (non-hydrogen) atoms. The van der Waals surface area contributed by atoms with Gasteiger partial charge in [0.15, 0.2) is 0 Å². The number of rotatable bonds is 7. The number of carbonyl (C=O) groups is 1. The molecule has 0 aromatic carbocycles. The van der Waals surface area contributed by atoms with Gasteiger partial charge < -0.3 is 9.64 Å². The Morgan fingerprint density at radius 3 is 3.16 bits per heavy atom. The van der Waals surface area contributed by atoms with Gasteiger partial charge in [0.05, 0.1) is 13.2 Å². The molecule has 2 heterocycles. The molecule has 1 aliphatic heterocycles. The summed E-state index contributed by atoms with van der Waals surface area (Å²) in [6.07, 6.45) is 4.06. The monoisotopic (exact) mass is 267 g/mol. The van der Waals surface area contributed by atoms with Crippen molar-refractivity contribution >= 4 is 5.91 Å². The second kappa shape index (κ2) is 7.18. The van der Waals surface area contributed by atoms with E-state index in [1.54, 1.807) is 4.68 Å². The van der Waals surface area contributed by atoms with Gasteiger partial charge in [0, 0.05) is 32.0 Å². The maximum atomic E-state index is 12.0. The van der Waals surface area contributed by atoms with E-state index in [1.165, 1.54) is 6.33 Å². The molecule has 1 fully saturated rings. The molecule has 0 unspecified atom stereocenters. The second-order valence-electron chi connectivity index (χ2n) is 4.89. The maximum absolute atomic E-state index is 12.0. The fourth-order valence-electron chi connectivity index (χ4n) is 2.24. The van der Waals surface area contributed by atoms with Crippen LogP contribution in [0.15, 0.2) is 6.33 Å². The molecule has 1 atom stereocenters. The van der Waals surface area contributed by atoms with Crippen molar-refractivity contribution in [2.24, 2.45) is 5.92 Å². The molecule has 1 aliphatic rings. The van der Waals surface area contributed by atoms with Gasteiger partial charge in [-0.1, -0.05) is 6.92 Å². The number of likely N-dealkylation sites (tertiary alicyclic amines) is 1. The van der Waals surface area contributed by atoms with Crippen LogP contribution >= 0.6 is 0 Å². The highest BCUT2D eigenvalue weighted by Gasteiger charge is 2.25. The minimum Gasteiger partial charge on any atom is -0.381 e. The first-order chi connectivity index (χ1) is 9.29. The summed E-state index contributed by atoms with van der Waals surface area (Å²) in [5.41, 5.74) is 0. The van der Waals surface area contributed by atoms with E-state index in [1.807, 2.05) is 4.90 Å². The maximum Gasteiger partial charge on any atom is 0.224 e. The number of hydrogen-bond acceptors (Lipinski definition) is 5. The molecule has 7 heteroatoms. The van der Waals surface area contributed by atoms with Crippen LogP contribution in [0.1, 0.15) is 26.2 Å². The Labute approximate surface area is 112 Å². The van der Waals surface area contributed by atoms with Gasteiger partial charge in [-0.25, -0.2) is 4.68 Å². The zero-order valence-electron chi connectivity index (χ0n) is 11.4. The summed E-state index contributed by atoms with van der Waals surface area (Å²) < 4.78 is 7.12. The topological polar surface area (TPSA) is 73.1 Å². The summed E-state index contributed by atoms with van der Waals surface area (Å²) in [4.78, 5) is 13.9. The number of carbonyl (C=O) groups excluding carboxylic acids is 1. The molecule has 0 aliphatic carbocycles. The van der Waals surface area contributed by atoms with E-state index >= 15 is 0 Å². The van der Waals surface area contributed by atoms with Gasteiger partial charge in [-0.2, -0.15) is 0 Å². The highest BCUT2D eigenvalue weighted by molar-refractivity contribution is 5.76. The Bertz CT molecular complexity index is 381. The van der Waals surface area contributed by atoms with Crippen molar-refractivity contribution in [3.63, 3.8) is 0 Å². The number of ether oxygens (including phenoxy) is 1. The second-order valence-corrected chi connectivity index (χ2v) is 4.89. The van der Waals surface area contributed by atoms with Gasteiger partial charge in [0.1, 0.15) is 6.33 Å². The fourth-order valence-corrected chi connectivity index (χ4v) is 2.24. The SMILES string of the molecule is CCCOC[C@H]1CCN(C(=O)CCn2cnnn2)C1. The minimum atomic E-state index is 0.175. The van der Waals surface area contributed by atoms with Crippen molar-refractivity contribution in [1.29, 1.82) is 0 Å². The van der Waals surface area contributed by atoms with Crippen LogP contribution in [0.5, 0.6) is 0 Å². The van der Waals surface area contributed by atoms with Gasteiger partial charge in [-0.3, -0.25) is 4.79 Å². The van der Waals surface area contributed by atoms with Crippen LogP contribution in [0, 0.1) is 5.92 Å². The molecule has 0 bridgehead atoms. The molecule has 1 aromatic rings. The number of hydrogen-bond donors (Lipinski definition) is 0. The van der Waals surface area contributed by atoms with E-state index < -0.39 is 0 Å². The zero-order chi connectivity index (χ0) is 13.5. The third kappa shape index (κ3) is 4.27. The number of aryl methyl sites for hydroxylation is 1. The first-order valence-electron chi connectivity index (χ1n) is 6.86. The molecule has 1 saturated heterocycles. The smallest absolute Gasteiger partial charge is 0.224 e. The average molecular weight is 267 g/mol. The standard InChI is InChI=1S/C12H21N5O2/c1-2-7-19-9-11-3-5-16(8-11)12(18)4-6-17-10-13-14-15-17/h10-11H,2-9H2,1H3/t11-/m0/s1. The van der Waals surface area contributed by atoms with Crippen LogP contribution in [0.2, 0.25) is 0 Å².